The average Bonchev–Trinajstić information content (AvgIpc) is 3.15. The van der Waals surface area contributed by atoms with Crippen LogP contribution in [0.2, 0.25) is 0 Å². The van der Waals surface area contributed by atoms with Crippen LogP contribution in [-0.2, 0) is 9.59 Å². The zero-order valence-corrected chi connectivity index (χ0v) is 18.9. The van der Waals surface area contributed by atoms with Crippen molar-refractivity contribution < 1.29 is 19.1 Å². The van der Waals surface area contributed by atoms with Gasteiger partial charge in [-0.2, -0.15) is 0 Å². The molecule has 1 atom stereocenters. The summed E-state index contributed by atoms with van der Waals surface area (Å²) in [4.78, 5) is 38.8. The van der Waals surface area contributed by atoms with E-state index in [0.29, 0.717) is 24.4 Å². The number of amides is 4. The third-order valence-corrected chi connectivity index (χ3v) is 5.90. The smallest absolute Gasteiger partial charge is 0.329 e. The van der Waals surface area contributed by atoms with Crippen LogP contribution in [0.1, 0.15) is 29.9 Å². The summed E-state index contributed by atoms with van der Waals surface area (Å²) in [6.07, 6.45) is 0.598. The summed E-state index contributed by atoms with van der Waals surface area (Å²) in [6.45, 7) is 0.449. The van der Waals surface area contributed by atoms with Crippen LogP contribution in [0.5, 0.6) is 5.75 Å². The number of imide groups is 1. The lowest BCUT2D eigenvalue weighted by molar-refractivity contribution is -0.125. The van der Waals surface area contributed by atoms with Gasteiger partial charge in [-0.1, -0.05) is 60.7 Å². The van der Waals surface area contributed by atoms with E-state index >= 15 is 0 Å². The van der Waals surface area contributed by atoms with Crippen molar-refractivity contribution in [1.29, 1.82) is 0 Å². The molecule has 2 N–H and O–H groups in total. The lowest BCUT2D eigenvalue weighted by atomic mass is 9.88. The molecule has 1 heterocycles. The number of hydrogen-bond acceptors (Lipinski definition) is 4. The van der Waals surface area contributed by atoms with Crippen LogP contribution in [0.3, 0.4) is 0 Å². The minimum absolute atomic E-state index is 0.113. The van der Waals surface area contributed by atoms with Gasteiger partial charge in [0.1, 0.15) is 11.8 Å². The lowest BCUT2D eigenvalue weighted by Gasteiger charge is -2.19. The van der Waals surface area contributed by atoms with E-state index < -0.39 is 18.0 Å². The molecule has 34 heavy (non-hydrogen) atoms. The number of hydrogen-bond donors (Lipinski definition) is 2. The summed E-state index contributed by atoms with van der Waals surface area (Å²) in [7, 11) is 1.54. The first-order valence-corrected chi connectivity index (χ1v) is 11.2. The molecular formula is C27H27N3O4. The molecule has 0 radical (unpaired) electrons. The molecule has 1 aliphatic rings. The Bertz CT molecular complexity index is 1090. The Kier molecular flexibility index (Phi) is 7.22. The molecule has 3 aromatic carbocycles. The molecule has 1 aliphatic heterocycles. The van der Waals surface area contributed by atoms with E-state index in [2.05, 4.69) is 34.9 Å². The Hall–Kier alpha value is -4.13. The number of urea groups is 1. The molecule has 4 amide bonds. The second-order valence-corrected chi connectivity index (χ2v) is 8.09. The normalized spacial score (nSPS) is 15.4. The highest BCUT2D eigenvalue weighted by Gasteiger charge is 2.40. The maximum absolute atomic E-state index is 12.8. The predicted molar refractivity (Wildman–Crippen MR) is 130 cm³/mol. The van der Waals surface area contributed by atoms with Crippen molar-refractivity contribution in [3.63, 3.8) is 0 Å². The molecule has 0 aromatic heterocycles. The highest BCUT2D eigenvalue weighted by molar-refractivity contribution is 6.22. The number of nitrogens with zero attached hydrogens (tertiary/aromatic N) is 1. The van der Waals surface area contributed by atoms with Crippen LogP contribution >= 0.6 is 0 Å². The van der Waals surface area contributed by atoms with Crippen LogP contribution in [0.4, 0.5) is 10.5 Å². The molecule has 1 fully saturated rings. The largest absolute Gasteiger partial charge is 0.497 e. The van der Waals surface area contributed by atoms with Gasteiger partial charge in [0.15, 0.2) is 0 Å². The van der Waals surface area contributed by atoms with E-state index in [9.17, 15) is 14.4 Å². The van der Waals surface area contributed by atoms with E-state index in [1.54, 1.807) is 31.4 Å². The molecule has 7 nitrogen and oxygen atoms in total. The molecule has 4 rings (SSSR count). The minimum atomic E-state index is -0.895. The molecule has 3 aromatic rings. The molecule has 0 saturated carbocycles. The molecule has 0 bridgehead atoms. The summed E-state index contributed by atoms with van der Waals surface area (Å²) < 4.78 is 5.11. The number of carbonyl (C=O) groups is 3. The van der Waals surface area contributed by atoms with Crippen molar-refractivity contribution in [2.75, 3.05) is 18.6 Å². The average molecular weight is 458 g/mol. The third kappa shape index (κ3) is 5.26. The van der Waals surface area contributed by atoms with Crippen molar-refractivity contribution in [3.8, 4) is 5.75 Å². The zero-order chi connectivity index (χ0) is 23.9. The maximum atomic E-state index is 12.8. The van der Waals surface area contributed by atoms with Gasteiger partial charge in [0.2, 0.25) is 5.91 Å². The standard InChI is InChI=1S/C27H27N3O4/c1-34-22-14-12-21(13-15-22)30-26(32)24(29-27(30)33)18-25(31)28-17-16-23(19-8-4-2-5-9-19)20-10-6-3-7-11-20/h2-15,23-24H,16-18H2,1H3,(H,28,31)(H,29,33)/t24-/m1/s1. The van der Waals surface area contributed by atoms with Crippen LogP contribution in [-0.4, -0.2) is 37.5 Å². The van der Waals surface area contributed by atoms with Crippen LogP contribution < -0.4 is 20.3 Å². The van der Waals surface area contributed by atoms with E-state index in [0.717, 1.165) is 4.90 Å². The van der Waals surface area contributed by atoms with E-state index in [1.165, 1.54) is 11.1 Å². The fraction of sp³-hybridized carbons (Fsp3) is 0.222. The number of ether oxygens (including phenoxy) is 1. The molecule has 1 saturated heterocycles. The van der Waals surface area contributed by atoms with Crippen LogP contribution in [0.15, 0.2) is 84.9 Å². The summed E-state index contributed by atoms with van der Waals surface area (Å²) in [5, 5.41) is 5.52. The number of carbonyl (C=O) groups excluding carboxylic acids is 3. The molecule has 174 valence electrons. The Balaban J connectivity index is 1.34. The zero-order valence-electron chi connectivity index (χ0n) is 18.9. The second kappa shape index (κ2) is 10.7. The van der Waals surface area contributed by atoms with Gasteiger partial charge >= 0.3 is 6.03 Å². The summed E-state index contributed by atoms with van der Waals surface area (Å²) in [6, 6.07) is 25.5. The second-order valence-electron chi connectivity index (χ2n) is 8.09. The molecule has 0 spiro atoms. The van der Waals surface area contributed by atoms with Gasteiger partial charge in [0.05, 0.1) is 19.2 Å². The van der Waals surface area contributed by atoms with Crippen LogP contribution in [0.25, 0.3) is 0 Å². The fourth-order valence-electron chi connectivity index (χ4n) is 4.16. The molecular weight excluding hydrogens is 430 g/mol. The first kappa shape index (κ1) is 23.0. The van der Waals surface area contributed by atoms with E-state index in [1.807, 2.05) is 36.4 Å². The molecule has 0 aliphatic carbocycles. The summed E-state index contributed by atoms with van der Waals surface area (Å²) in [5.74, 6) is 0.0315. The highest BCUT2D eigenvalue weighted by Crippen LogP contribution is 2.27. The van der Waals surface area contributed by atoms with Crippen molar-refractivity contribution in [2.24, 2.45) is 0 Å². The van der Waals surface area contributed by atoms with Gasteiger partial charge in [-0.25, -0.2) is 9.69 Å². The van der Waals surface area contributed by atoms with Crippen molar-refractivity contribution in [2.45, 2.75) is 24.8 Å². The van der Waals surface area contributed by atoms with Gasteiger partial charge in [0, 0.05) is 12.5 Å². The lowest BCUT2D eigenvalue weighted by Crippen LogP contribution is -2.37. The van der Waals surface area contributed by atoms with Gasteiger partial charge < -0.3 is 15.4 Å². The number of rotatable bonds is 9. The number of anilines is 1. The third-order valence-electron chi connectivity index (χ3n) is 5.90. The van der Waals surface area contributed by atoms with Crippen LogP contribution in [0, 0.1) is 0 Å². The summed E-state index contributed by atoms with van der Waals surface area (Å²) in [5.41, 5.74) is 2.78. The van der Waals surface area contributed by atoms with Crippen molar-refractivity contribution >= 4 is 23.5 Å². The van der Waals surface area contributed by atoms with E-state index in [4.69, 9.17) is 4.74 Å². The van der Waals surface area contributed by atoms with Gasteiger partial charge in [-0.3, -0.25) is 9.59 Å². The minimum Gasteiger partial charge on any atom is -0.497 e. The Labute approximate surface area is 198 Å². The fourth-order valence-corrected chi connectivity index (χ4v) is 4.16. The van der Waals surface area contributed by atoms with Gasteiger partial charge in [0.25, 0.3) is 5.91 Å². The van der Waals surface area contributed by atoms with E-state index in [-0.39, 0.29) is 18.2 Å². The predicted octanol–water partition coefficient (Wildman–Crippen LogP) is 3.85. The Morgan fingerprint density at radius 2 is 1.53 bits per heavy atom. The SMILES string of the molecule is COc1ccc(N2C(=O)N[C@H](CC(=O)NCCC(c3ccccc3)c3ccccc3)C2=O)cc1. The molecule has 7 heteroatoms. The number of nitrogens with one attached hydrogen (secondary N) is 2. The first-order chi connectivity index (χ1) is 16.6. The Morgan fingerprint density at radius 3 is 2.09 bits per heavy atom. The molecule has 0 unspecified atom stereocenters. The number of benzene rings is 3. The van der Waals surface area contributed by atoms with Gasteiger partial charge in [-0.15, -0.1) is 0 Å². The van der Waals surface area contributed by atoms with Gasteiger partial charge in [-0.05, 0) is 41.8 Å². The topological polar surface area (TPSA) is 87.7 Å². The number of methoxy groups -OCH3 is 1. The summed E-state index contributed by atoms with van der Waals surface area (Å²) >= 11 is 0. The maximum Gasteiger partial charge on any atom is 0.329 e. The van der Waals surface area contributed by atoms with Crippen molar-refractivity contribution in [3.05, 3.63) is 96.1 Å². The highest BCUT2D eigenvalue weighted by atomic mass is 16.5. The first-order valence-electron chi connectivity index (χ1n) is 11.2. The Morgan fingerprint density at radius 1 is 0.941 bits per heavy atom. The van der Waals surface area contributed by atoms with Crippen molar-refractivity contribution in [1.82, 2.24) is 10.6 Å². The monoisotopic (exact) mass is 457 g/mol. The quantitative estimate of drug-likeness (QED) is 0.478.